The SMILES string of the molecule is C=CC(=O)N1CCN(c2nc(OC[C@@H]3CCCN3C)nc3c(=O)n(-c4cccc5cccc(C)c45)c(C)nc23)CC1. The molecule has 4 heterocycles. The Morgan fingerprint density at radius 1 is 1.02 bits per heavy atom. The molecule has 0 N–H and O–H groups in total. The summed E-state index contributed by atoms with van der Waals surface area (Å²) in [5, 5.41) is 2.05. The number of piperazine rings is 1. The van der Waals surface area contributed by atoms with Crippen molar-refractivity contribution < 1.29 is 9.53 Å². The molecule has 1 atom stereocenters. The summed E-state index contributed by atoms with van der Waals surface area (Å²) in [6, 6.07) is 12.5. The first-order valence-corrected chi connectivity index (χ1v) is 14.1. The zero-order valence-corrected chi connectivity index (χ0v) is 23.8. The molecular formula is C31H35N7O3. The average molecular weight is 554 g/mol. The van der Waals surface area contributed by atoms with Crippen LogP contribution in [-0.2, 0) is 4.79 Å². The first kappa shape index (κ1) is 26.9. The highest BCUT2D eigenvalue weighted by Gasteiger charge is 2.27. The summed E-state index contributed by atoms with van der Waals surface area (Å²) in [6.07, 6.45) is 3.51. The van der Waals surface area contributed by atoms with Crippen LogP contribution in [0.4, 0.5) is 5.82 Å². The van der Waals surface area contributed by atoms with E-state index in [2.05, 4.69) is 28.4 Å². The summed E-state index contributed by atoms with van der Waals surface area (Å²) in [5.74, 6) is 1.01. The number of aryl methyl sites for hydroxylation is 2. The van der Waals surface area contributed by atoms with Crippen LogP contribution in [0.2, 0.25) is 0 Å². The molecule has 0 aliphatic carbocycles. The van der Waals surface area contributed by atoms with Gasteiger partial charge in [0.15, 0.2) is 11.3 Å². The van der Waals surface area contributed by atoms with Gasteiger partial charge in [0.05, 0.1) is 5.69 Å². The first-order chi connectivity index (χ1) is 19.9. The van der Waals surface area contributed by atoms with E-state index in [0.29, 0.717) is 49.9 Å². The number of fused-ring (bicyclic) bond motifs is 2. The third-order valence-corrected chi connectivity index (χ3v) is 8.32. The minimum atomic E-state index is -0.268. The molecule has 2 fully saturated rings. The standard InChI is InChI=1S/C31H35N7O3/c1-5-25(39)36-15-17-37(18-16-36)29-27-28(33-31(34-29)41-19-23-12-8-14-35(23)4)30(40)38(21(3)32-27)24-13-7-11-22-10-6-9-20(2)26(22)24/h5-7,9-11,13,23H,1,8,12,14-19H2,2-4H3/t23-/m0/s1. The molecule has 10 heteroatoms. The maximum absolute atomic E-state index is 14.3. The van der Waals surface area contributed by atoms with E-state index < -0.39 is 0 Å². The lowest BCUT2D eigenvalue weighted by Gasteiger charge is -2.35. The first-order valence-electron chi connectivity index (χ1n) is 14.1. The van der Waals surface area contributed by atoms with Crippen LogP contribution in [0.5, 0.6) is 6.01 Å². The fourth-order valence-corrected chi connectivity index (χ4v) is 6.03. The van der Waals surface area contributed by atoms with E-state index in [0.717, 1.165) is 41.4 Å². The van der Waals surface area contributed by atoms with Crippen LogP contribution in [0.1, 0.15) is 24.2 Å². The number of hydrogen-bond acceptors (Lipinski definition) is 8. The Bertz CT molecular complexity index is 1700. The highest BCUT2D eigenvalue weighted by Crippen LogP contribution is 2.29. The molecule has 0 bridgehead atoms. The molecule has 212 valence electrons. The maximum Gasteiger partial charge on any atom is 0.319 e. The molecule has 2 aliphatic heterocycles. The van der Waals surface area contributed by atoms with Gasteiger partial charge in [0.1, 0.15) is 17.9 Å². The lowest BCUT2D eigenvalue weighted by Crippen LogP contribution is -2.48. The minimum Gasteiger partial charge on any atom is -0.462 e. The van der Waals surface area contributed by atoms with Gasteiger partial charge in [-0.05, 0) is 63.4 Å². The number of hydrogen-bond donors (Lipinski definition) is 0. The molecule has 10 nitrogen and oxygen atoms in total. The summed E-state index contributed by atoms with van der Waals surface area (Å²) in [7, 11) is 2.09. The van der Waals surface area contributed by atoms with E-state index in [1.54, 1.807) is 9.47 Å². The fourth-order valence-electron chi connectivity index (χ4n) is 6.03. The topological polar surface area (TPSA) is 96.7 Å². The molecule has 2 aromatic heterocycles. The molecule has 0 spiro atoms. The molecule has 2 aliphatic rings. The van der Waals surface area contributed by atoms with E-state index in [1.807, 2.05) is 50.2 Å². The van der Waals surface area contributed by atoms with Crippen molar-refractivity contribution in [3.05, 3.63) is 70.8 Å². The highest BCUT2D eigenvalue weighted by molar-refractivity contribution is 5.94. The number of amides is 1. The Kier molecular flexibility index (Phi) is 7.17. The molecule has 0 unspecified atom stereocenters. The third kappa shape index (κ3) is 4.93. The smallest absolute Gasteiger partial charge is 0.319 e. The van der Waals surface area contributed by atoms with Crippen LogP contribution in [0.3, 0.4) is 0 Å². The van der Waals surface area contributed by atoms with Gasteiger partial charge in [0.25, 0.3) is 5.56 Å². The molecule has 0 radical (unpaired) electrons. The van der Waals surface area contributed by atoms with E-state index in [-0.39, 0.29) is 29.0 Å². The van der Waals surface area contributed by atoms with Crippen molar-refractivity contribution in [2.45, 2.75) is 32.7 Å². The summed E-state index contributed by atoms with van der Waals surface area (Å²) < 4.78 is 7.80. The zero-order valence-electron chi connectivity index (χ0n) is 23.8. The van der Waals surface area contributed by atoms with Gasteiger partial charge in [-0.3, -0.25) is 14.2 Å². The normalized spacial score (nSPS) is 17.9. The number of rotatable bonds is 6. The predicted molar refractivity (Wildman–Crippen MR) is 160 cm³/mol. The van der Waals surface area contributed by atoms with Crippen molar-refractivity contribution in [3.8, 4) is 11.7 Å². The lowest BCUT2D eigenvalue weighted by molar-refractivity contribution is -0.126. The summed E-state index contributed by atoms with van der Waals surface area (Å²) in [4.78, 5) is 46.9. The predicted octanol–water partition coefficient (Wildman–Crippen LogP) is 3.25. The number of benzene rings is 2. The molecule has 6 rings (SSSR count). The Morgan fingerprint density at radius 2 is 1.78 bits per heavy atom. The van der Waals surface area contributed by atoms with Gasteiger partial charge in [-0.1, -0.05) is 36.9 Å². The van der Waals surface area contributed by atoms with Gasteiger partial charge in [0.2, 0.25) is 5.91 Å². The fraction of sp³-hybridized carbons (Fsp3) is 0.387. The van der Waals surface area contributed by atoms with Gasteiger partial charge in [-0.15, -0.1) is 0 Å². The van der Waals surface area contributed by atoms with Crippen LogP contribution in [0, 0.1) is 13.8 Å². The van der Waals surface area contributed by atoms with E-state index >= 15 is 0 Å². The van der Waals surface area contributed by atoms with Crippen molar-refractivity contribution >= 4 is 33.5 Å². The van der Waals surface area contributed by atoms with Crippen LogP contribution in [-0.4, -0.2) is 87.6 Å². The molecule has 4 aromatic rings. The highest BCUT2D eigenvalue weighted by atomic mass is 16.5. The number of likely N-dealkylation sites (tertiary alicyclic amines) is 1. The quantitative estimate of drug-likeness (QED) is 0.336. The van der Waals surface area contributed by atoms with Crippen LogP contribution >= 0.6 is 0 Å². The second-order valence-corrected chi connectivity index (χ2v) is 10.9. The number of likely N-dealkylation sites (N-methyl/N-ethyl adjacent to an activating group) is 1. The molecule has 2 saturated heterocycles. The van der Waals surface area contributed by atoms with Gasteiger partial charge in [0, 0.05) is 37.6 Å². The number of carbonyl (C=O) groups is 1. The van der Waals surface area contributed by atoms with Crippen molar-refractivity contribution in [1.29, 1.82) is 0 Å². The van der Waals surface area contributed by atoms with Crippen LogP contribution < -0.4 is 15.2 Å². The van der Waals surface area contributed by atoms with Gasteiger partial charge in [-0.2, -0.15) is 9.97 Å². The van der Waals surface area contributed by atoms with E-state index in [4.69, 9.17) is 14.7 Å². The summed E-state index contributed by atoms with van der Waals surface area (Å²) >= 11 is 0. The average Bonchev–Trinajstić information content (AvgIpc) is 3.40. The Hall–Kier alpha value is -4.31. The summed E-state index contributed by atoms with van der Waals surface area (Å²) in [5.41, 5.74) is 2.23. The van der Waals surface area contributed by atoms with Crippen LogP contribution in [0.15, 0.2) is 53.8 Å². The molecule has 2 aromatic carbocycles. The Balaban J connectivity index is 1.48. The Morgan fingerprint density at radius 3 is 2.49 bits per heavy atom. The monoisotopic (exact) mass is 553 g/mol. The van der Waals surface area contributed by atoms with E-state index in [1.165, 1.54) is 6.08 Å². The molecule has 1 amide bonds. The number of carbonyl (C=O) groups excluding carboxylic acids is 1. The zero-order chi connectivity index (χ0) is 28.7. The molecule has 41 heavy (non-hydrogen) atoms. The van der Waals surface area contributed by atoms with Gasteiger partial charge >= 0.3 is 6.01 Å². The number of aromatic nitrogens is 4. The number of anilines is 1. The van der Waals surface area contributed by atoms with Crippen LogP contribution in [0.25, 0.3) is 27.5 Å². The maximum atomic E-state index is 14.3. The second kappa shape index (κ2) is 10.9. The summed E-state index contributed by atoms with van der Waals surface area (Å²) in [6.45, 7) is 11.1. The van der Waals surface area contributed by atoms with Crippen molar-refractivity contribution in [3.63, 3.8) is 0 Å². The number of ether oxygens (including phenoxy) is 1. The van der Waals surface area contributed by atoms with E-state index in [9.17, 15) is 9.59 Å². The van der Waals surface area contributed by atoms with Gasteiger partial charge < -0.3 is 19.4 Å². The minimum absolute atomic E-state index is 0.0934. The molecule has 0 saturated carbocycles. The van der Waals surface area contributed by atoms with Gasteiger partial charge in [-0.25, -0.2) is 4.98 Å². The van der Waals surface area contributed by atoms with Crippen molar-refractivity contribution in [1.82, 2.24) is 29.3 Å². The lowest BCUT2D eigenvalue weighted by atomic mass is 10.0. The second-order valence-electron chi connectivity index (χ2n) is 10.9. The molecular weight excluding hydrogens is 518 g/mol. The third-order valence-electron chi connectivity index (χ3n) is 8.32. The van der Waals surface area contributed by atoms with Crippen molar-refractivity contribution in [2.24, 2.45) is 0 Å². The van der Waals surface area contributed by atoms with Crippen molar-refractivity contribution in [2.75, 3.05) is 51.3 Å². The number of nitrogens with zero attached hydrogens (tertiary/aromatic N) is 7. The largest absolute Gasteiger partial charge is 0.462 e. The Labute approximate surface area is 238 Å².